The predicted octanol–water partition coefficient (Wildman–Crippen LogP) is 1.95. The van der Waals surface area contributed by atoms with Crippen molar-refractivity contribution < 1.29 is 23.6 Å². The van der Waals surface area contributed by atoms with Crippen LogP contribution in [0.3, 0.4) is 0 Å². The van der Waals surface area contributed by atoms with Gasteiger partial charge in [0.25, 0.3) is 23.6 Å². The molecule has 0 unspecified atom stereocenters. The van der Waals surface area contributed by atoms with Crippen molar-refractivity contribution in [3.8, 4) is 0 Å². The Morgan fingerprint density at radius 3 is 2.15 bits per heavy atom. The van der Waals surface area contributed by atoms with Gasteiger partial charge in [-0.1, -0.05) is 23.2 Å². The third-order valence-electron chi connectivity index (χ3n) is 3.73. The van der Waals surface area contributed by atoms with Crippen LogP contribution in [0.5, 0.6) is 0 Å². The summed E-state index contributed by atoms with van der Waals surface area (Å²) in [6.45, 7) is 1.01. The lowest BCUT2D eigenvalue weighted by Gasteiger charge is -2.13. The van der Waals surface area contributed by atoms with E-state index in [2.05, 4.69) is 10.9 Å². The molecule has 0 saturated heterocycles. The molecule has 2 aromatic rings. The quantitative estimate of drug-likeness (QED) is 0.609. The molecular weight excluding hydrogens is 385 g/mol. The molecular formula is C16H11Cl2N3O5. The van der Waals surface area contributed by atoms with Gasteiger partial charge in [0.15, 0.2) is 0 Å². The van der Waals surface area contributed by atoms with E-state index in [1.54, 1.807) is 6.92 Å². The summed E-state index contributed by atoms with van der Waals surface area (Å²) in [4.78, 5) is 49.2. The van der Waals surface area contributed by atoms with Gasteiger partial charge in [0.1, 0.15) is 12.3 Å². The number of fused-ring (bicyclic) bond motifs is 1. The molecule has 0 spiro atoms. The summed E-state index contributed by atoms with van der Waals surface area (Å²) in [5, 5.41) is 0.251. The number of imide groups is 1. The van der Waals surface area contributed by atoms with Crippen LogP contribution < -0.4 is 10.9 Å². The monoisotopic (exact) mass is 395 g/mol. The number of carbonyl (C=O) groups excluding carboxylic acids is 4. The molecule has 0 bridgehead atoms. The summed E-state index contributed by atoms with van der Waals surface area (Å²) < 4.78 is 4.99. The molecule has 1 aliphatic heterocycles. The van der Waals surface area contributed by atoms with Crippen molar-refractivity contribution in [2.24, 2.45) is 0 Å². The molecule has 26 heavy (non-hydrogen) atoms. The molecule has 10 heteroatoms. The third kappa shape index (κ3) is 3.16. The van der Waals surface area contributed by atoms with Crippen LogP contribution in [0.1, 0.15) is 36.8 Å². The third-order valence-corrected chi connectivity index (χ3v) is 4.45. The van der Waals surface area contributed by atoms with Gasteiger partial charge in [0, 0.05) is 0 Å². The summed E-state index contributed by atoms with van der Waals surface area (Å²) in [6, 6.07) is 4.00. The van der Waals surface area contributed by atoms with E-state index in [1.807, 2.05) is 0 Å². The molecule has 3 rings (SSSR count). The summed E-state index contributed by atoms with van der Waals surface area (Å²) in [7, 11) is 0. The molecule has 4 amide bonds. The Morgan fingerprint density at radius 1 is 1.08 bits per heavy atom. The molecule has 2 heterocycles. The molecule has 0 atom stereocenters. The first-order chi connectivity index (χ1) is 12.3. The van der Waals surface area contributed by atoms with E-state index in [0.717, 1.165) is 4.90 Å². The van der Waals surface area contributed by atoms with Crippen LogP contribution in [0.15, 0.2) is 28.9 Å². The second-order valence-electron chi connectivity index (χ2n) is 5.40. The molecule has 0 saturated carbocycles. The minimum absolute atomic E-state index is 0.0651. The largest absolute Gasteiger partial charge is 0.469 e. The lowest BCUT2D eigenvalue weighted by molar-refractivity contribution is -0.122. The predicted molar refractivity (Wildman–Crippen MR) is 90.9 cm³/mol. The number of nitrogens with zero attached hydrogens (tertiary/aromatic N) is 1. The Morgan fingerprint density at radius 2 is 1.65 bits per heavy atom. The van der Waals surface area contributed by atoms with Crippen molar-refractivity contribution in [1.82, 2.24) is 15.8 Å². The van der Waals surface area contributed by atoms with Crippen molar-refractivity contribution in [2.45, 2.75) is 6.92 Å². The Hall–Kier alpha value is -2.84. The maximum atomic E-state index is 12.3. The van der Waals surface area contributed by atoms with Gasteiger partial charge in [-0.3, -0.25) is 34.9 Å². The van der Waals surface area contributed by atoms with E-state index in [0.29, 0.717) is 5.76 Å². The van der Waals surface area contributed by atoms with Gasteiger partial charge < -0.3 is 4.42 Å². The van der Waals surface area contributed by atoms with Gasteiger partial charge in [-0.15, -0.1) is 0 Å². The lowest BCUT2D eigenvalue weighted by atomic mass is 10.1. The highest BCUT2D eigenvalue weighted by Gasteiger charge is 2.37. The number of halogens is 2. The molecule has 0 aliphatic carbocycles. The van der Waals surface area contributed by atoms with Gasteiger partial charge in [-0.05, 0) is 25.1 Å². The number of hydrazine groups is 1. The minimum atomic E-state index is -0.758. The number of amides is 4. The van der Waals surface area contributed by atoms with Crippen LogP contribution in [0.2, 0.25) is 10.0 Å². The number of furan rings is 1. The summed E-state index contributed by atoms with van der Waals surface area (Å²) >= 11 is 11.7. The lowest BCUT2D eigenvalue weighted by Crippen LogP contribution is -2.47. The van der Waals surface area contributed by atoms with Crippen molar-refractivity contribution >= 4 is 46.8 Å². The number of benzene rings is 1. The molecule has 0 fully saturated rings. The van der Waals surface area contributed by atoms with Crippen LogP contribution in [0.25, 0.3) is 0 Å². The number of hydrogen-bond acceptors (Lipinski definition) is 5. The van der Waals surface area contributed by atoms with E-state index in [4.69, 9.17) is 27.6 Å². The number of rotatable bonds is 3. The summed E-state index contributed by atoms with van der Waals surface area (Å²) in [5.41, 5.74) is 4.69. The molecule has 0 radical (unpaired) electrons. The first-order valence-electron chi connectivity index (χ1n) is 7.28. The van der Waals surface area contributed by atoms with Crippen molar-refractivity contribution in [1.29, 1.82) is 0 Å². The zero-order valence-corrected chi connectivity index (χ0v) is 14.8. The zero-order valence-electron chi connectivity index (χ0n) is 13.3. The molecule has 1 aliphatic rings. The van der Waals surface area contributed by atoms with Crippen LogP contribution in [-0.2, 0) is 4.79 Å². The van der Waals surface area contributed by atoms with Crippen LogP contribution >= 0.6 is 23.2 Å². The van der Waals surface area contributed by atoms with Crippen LogP contribution in [-0.4, -0.2) is 35.1 Å². The summed E-state index contributed by atoms with van der Waals surface area (Å²) in [6.07, 6.45) is 1.33. The highest BCUT2D eigenvalue weighted by Crippen LogP contribution is 2.31. The first-order valence-corrected chi connectivity index (χ1v) is 8.03. The van der Waals surface area contributed by atoms with Gasteiger partial charge in [0.05, 0.1) is 33.0 Å². The molecule has 1 aromatic carbocycles. The SMILES string of the molecule is Cc1occc1C(=O)NNC(=O)CN1C(=O)c2cc(Cl)c(Cl)cc2C1=O. The van der Waals surface area contributed by atoms with E-state index < -0.39 is 30.2 Å². The standard InChI is InChI=1S/C16H11Cl2N3O5/c1-7-8(2-3-26-7)14(23)20-19-13(22)6-21-15(24)9-4-11(17)12(18)5-10(9)16(21)25/h2-5H,6H2,1H3,(H,19,22)(H,20,23). The van der Waals surface area contributed by atoms with Gasteiger partial charge in [-0.2, -0.15) is 0 Å². The number of hydrogen-bond donors (Lipinski definition) is 2. The highest BCUT2D eigenvalue weighted by molar-refractivity contribution is 6.43. The second kappa shape index (κ2) is 6.81. The average molecular weight is 396 g/mol. The second-order valence-corrected chi connectivity index (χ2v) is 6.22. The van der Waals surface area contributed by atoms with Gasteiger partial charge in [-0.25, -0.2) is 0 Å². The fraction of sp³-hybridized carbons (Fsp3) is 0.125. The van der Waals surface area contributed by atoms with E-state index in [9.17, 15) is 19.2 Å². The Kier molecular flexibility index (Phi) is 4.71. The molecule has 134 valence electrons. The normalized spacial score (nSPS) is 13.0. The number of carbonyl (C=O) groups is 4. The number of aryl methyl sites for hydroxylation is 1. The van der Waals surface area contributed by atoms with E-state index >= 15 is 0 Å². The maximum Gasteiger partial charge on any atom is 0.273 e. The molecule has 1 aromatic heterocycles. The smallest absolute Gasteiger partial charge is 0.273 e. The minimum Gasteiger partial charge on any atom is -0.469 e. The Balaban J connectivity index is 1.65. The van der Waals surface area contributed by atoms with Crippen molar-refractivity contribution in [3.05, 3.63) is 57.0 Å². The van der Waals surface area contributed by atoms with Crippen LogP contribution in [0.4, 0.5) is 0 Å². The zero-order chi connectivity index (χ0) is 19.0. The molecule has 2 N–H and O–H groups in total. The molecule has 8 nitrogen and oxygen atoms in total. The van der Waals surface area contributed by atoms with Crippen molar-refractivity contribution in [2.75, 3.05) is 6.54 Å². The Labute approximate surface area is 157 Å². The topological polar surface area (TPSA) is 109 Å². The summed E-state index contributed by atoms with van der Waals surface area (Å²) in [5.74, 6) is -2.31. The Bertz CT molecular complexity index is 912. The van der Waals surface area contributed by atoms with Crippen LogP contribution in [0, 0.1) is 6.92 Å². The van der Waals surface area contributed by atoms with Gasteiger partial charge in [0.2, 0.25) is 0 Å². The van der Waals surface area contributed by atoms with E-state index in [-0.39, 0.29) is 26.7 Å². The fourth-order valence-electron chi connectivity index (χ4n) is 2.42. The fourth-order valence-corrected chi connectivity index (χ4v) is 2.75. The number of nitrogens with one attached hydrogen (secondary N) is 2. The average Bonchev–Trinajstić information content (AvgIpc) is 3.12. The maximum absolute atomic E-state index is 12.3. The first kappa shape index (κ1) is 18.0. The van der Waals surface area contributed by atoms with Gasteiger partial charge >= 0.3 is 0 Å². The highest BCUT2D eigenvalue weighted by atomic mass is 35.5. The van der Waals surface area contributed by atoms with Crippen molar-refractivity contribution in [3.63, 3.8) is 0 Å². The van der Waals surface area contributed by atoms with E-state index in [1.165, 1.54) is 24.5 Å².